The number of hydrogen-bond donors (Lipinski definition) is 1. The first kappa shape index (κ1) is 20.5. The first-order valence-electron chi connectivity index (χ1n) is 12.0. The molecule has 0 bridgehead atoms. The molecule has 0 unspecified atom stereocenters. The third-order valence-corrected chi connectivity index (χ3v) is 8.16. The van der Waals surface area contributed by atoms with Gasteiger partial charge in [-0.2, -0.15) is 5.26 Å². The van der Waals surface area contributed by atoms with E-state index in [1.165, 1.54) is 29.8 Å². The fourth-order valence-electron chi connectivity index (χ4n) is 5.89. The Hall–Kier alpha value is -3.10. The molecule has 1 N–H and O–H groups in total. The summed E-state index contributed by atoms with van der Waals surface area (Å²) in [6.45, 7) is 8.46. The fourth-order valence-corrected chi connectivity index (χ4v) is 5.89. The second-order valence-corrected chi connectivity index (χ2v) is 10.5. The predicted molar refractivity (Wildman–Crippen MR) is 130 cm³/mol. The van der Waals surface area contributed by atoms with Crippen molar-refractivity contribution in [3.63, 3.8) is 0 Å². The average molecular weight is 439 g/mol. The van der Waals surface area contributed by atoms with E-state index in [0.29, 0.717) is 11.5 Å². The predicted octanol–water partition coefficient (Wildman–Crippen LogP) is 5.71. The topological polar surface area (TPSA) is 65.1 Å². The zero-order valence-corrected chi connectivity index (χ0v) is 19.6. The summed E-state index contributed by atoms with van der Waals surface area (Å²) in [6, 6.07) is 18.5. The first-order valence-corrected chi connectivity index (χ1v) is 12.0. The second-order valence-electron chi connectivity index (χ2n) is 10.5. The minimum absolute atomic E-state index is 0.249. The molecular formula is C28H30N4O. The van der Waals surface area contributed by atoms with Gasteiger partial charge in [-0.05, 0) is 86.8 Å². The Morgan fingerprint density at radius 3 is 2.33 bits per heavy atom. The lowest BCUT2D eigenvalue weighted by Crippen LogP contribution is -2.64. The monoisotopic (exact) mass is 438 g/mol. The van der Waals surface area contributed by atoms with E-state index in [1.54, 1.807) is 0 Å². The Balaban J connectivity index is 1.41. The van der Waals surface area contributed by atoms with E-state index in [1.807, 2.05) is 13.8 Å². The van der Waals surface area contributed by atoms with Gasteiger partial charge >= 0.3 is 0 Å². The Kier molecular flexibility index (Phi) is 4.47. The summed E-state index contributed by atoms with van der Waals surface area (Å²) in [5.74, 6) is 0.854. The van der Waals surface area contributed by atoms with Crippen molar-refractivity contribution in [1.82, 2.24) is 10.5 Å². The second kappa shape index (κ2) is 7.20. The van der Waals surface area contributed by atoms with Crippen molar-refractivity contribution in [2.75, 3.05) is 18.0 Å². The maximum atomic E-state index is 9.62. The van der Waals surface area contributed by atoms with Gasteiger partial charge < -0.3 is 14.7 Å². The molecule has 3 aliphatic rings. The maximum Gasteiger partial charge on any atom is 0.141 e. The standard InChI is InChI=1S/C28H30N4O/c1-18-4-5-21(26-19(2)31-33-20(26)3)12-25(18)32(24-13-27(14-24)16-30-17-27)23-8-6-22(7-9-23)28(15-29)10-11-28/h4-9,12,24,30H,10-11,13-14,16-17H2,1-3H3. The number of nitrogens with zero attached hydrogens (tertiary/aromatic N) is 3. The van der Waals surface area contributed by atoms with Gasteiger partial charge in [0.25, 0.3) is 0 Å². The molecule has 2 heterocycles. The minimum atomic E-state index is -0.249. The molecular weight excluding hydrogens is 408 g/mol. The number of anilines is 2. The SMILES string of the molecule is Cc1ccc(-c2c(C)noc2C)cc1N(c1ccc(C2(C#N)CC2)cc1)C1CC2(CNC2)C1. The highest BCUT2D eigenvalue weighted by molar-refractivity contribution is 5.77. The fraction of sp³-hybridized carbons (Fsp3) is 0.429. The van der Waals surface area contributed by atoms with Gasteiger partial charge in [-0.15, -0.1) is 0 Å². The lowest BCUT2D eigenvalue weighted by molar-refractivity contribution is 0.0393. The van der Waals surface area contributed by atoms with Crippen LogP contribution in [0.15, 0.2) is 47.0 Å². The number of nitrogens with one attached hydrogen (secondary N) is 1. The smallest absolute Gasteiger partial charge is 0.141 e. The Morgan fingerprint density at radius 1 is 1.06 bits per heavy atom. The molecule has 1 aliphatic heterocycles. The van der Waals surface area contributed by atoms with Crippen molar-refractivity contribution in [2.45, 2.75) is 57.9 Å². The van der Waals surface area contributed by atoms with Gasteiger partial charge in [0, 0.05) is 36.1 Å². The Bertz CT molecular complexity index is 1230. The quantitative estimate of drug-likeness (QED) is 0.552. The van der Waals surface area contributed by atoms with Crippen molar-refractivity contribution in [2.24, 2.45) is 5.41 Å². The number of aryl methyl sites for hydroxylation is 3. The molecule has 2 saturated carbocycles. The molecule has 5 nitrogen and oxygen atoms in total. The van der Waals surface area contributed by atoms with Gasteiger partial charge in [0.05, 0.1) is 17.2 Å². The summed E-state index contributed by atoms with van der Waals surface area (Å²) >= 11 is 0. The van der Waals surface area contributed by atoms with E-state index in [2.05, 4.69) is 70.8 Å². The van der Waals surface area contributed by atoms with E-state index in [4.69, 9.17) is 4.52 Å². The Morgan fingerprint density at radius 2 is 1.79 bits per heavy atom. The van der Waals surface area contributed by atoms with E-state index in [0.717, 1.165) is 54.1 Å². The van der Waals surface area contributed by atoms with Crippen LogP contribution in [-0.4, -0.2) is 24.3 Å². The third-order valence-electron chi connectivity index (χ3n) is 8.16. The van der Waals surface area contributed by atoms with Crippen molar-refractivity contribution in [1.29, 1.82) is 5.26 Å². The van der Waals surface area contributed by atoms with Crippen molar-refractivity contribution >= 4 is 11.4 Å². The molecule has 2 aromatic carbocycles. The van der Waals surface area contributed by atoms with Gasteiger partial charge in [-0.25, -0.2) is 0 Å². The molecule has 168 valence electrons. The van der Waals surface area contributed by atoms with Crippen LogP contribution in [0.25, 0.3) is 11.1 Å². The van der Waals surface area contributed by atoms with Gasteiger partial charge in [-0.1, -0.05) is 29.4 Å². The highest BCUT2D eigenvalue weighted by atomic mass is 16.5. The van der Waals surface area contributed by atoms with E-state index in [-0.39, 0.29) is 5.41 Å². The molecule has 1 aromatic heterocycles. The van der Waals surface area contributed by atoms with Crippen LogP contribution < -0.4 is 10.2 Å². The summed E-state index contributed by atoms with van der Waals surface area (Å²) in [5, 5.41) is 17.3. The van der Waals surface area contributed by atoms with Gasteiger partial charge in [0.1, 0.15) is 5.76 Å². The Labute approximate surface area is 195 Å². The van der Waals surface area contributed by atoms with Crippen LogP contribution in [0.5, 0.6) is 0 Å². The van der Waals surface area contributed by atoms with E-state index in [9.17, 15) is 5.26 Å². The summed E-state index contributed by atoms with van der Waals surface area (Å²) in [5.41, 5.74) is 8.26. The average Bonchev–Trinajstić information content (AvgIpc) is 3.49. The third kappa shape index (κ3) is 3.20. The maximum absolute atomic E-state index is 9.62. The zero-order chi connectivity index (χ0) is 22.8. The minimum Gasteiger partial charge on any atom is -0.361 e. The summed E-state index contributed by atoms with van der Waals surface area (Å²) in [6.07, 6.45) is 4.37. The molecule has 0 atom stereocenters. The molecule has 5 heteroatoms. The van der Waals surface area contributed by atoms with Crippen molar-refractivity contribution < 1.29 is 4.52 Å². The molecule has 0 radical (unpaired) electrons. The van der Waals surface area contributed by atoms with E-state index < -0.39 is 0 Å². The number of hydrogen-bond acceptors (Lipinski definition) is 5. The van der Waals surface area contributed by atoms with Gasteiger partial charge in [0.2, 0.25) is 0 Å². The molecule has 1 spiro atoms. The summed E-state index contributed by atoms with van der Waals surface area (Å²) in [7, 11) is 0. The van der Waals surface area contributed by atoms with Crippen LogP contribution in [0.2, 0.25) is 0 Å². The molecule has 0 amide bonds. The zero-order valence-electron chi connectivity index (χ0n) is 19.6. The molecule has 1 saturated heterocycles. The van der Waals surface area contributed by atoms with Crippen LogP contribution in [0.4, 0.5) is 11.4 Å². The van der Waals surface area contributed by atoms with Crippen LogP contribution >= 0.6 is 0 Å². The molecule has 6 rings (SSSR count). The lowest BCUT2D eigenvalue weighted by Gasteiger charge is -2.57. The number of aromatic nitrogens is 1. The summed E-state index contributed by atoms with van der Waals surface area (Å²) in [4.78, 5) is 2.54. The molecule has 33 heavy (non-hydrogen) atoms. The van der Waals surface area contributed by atoms with Crippen molar-refractivity contribution in [3.8, 4) is 17.2 Å². The highest BCUT2D eigenvalue weighted by Gasteiger charge is 2.51. The lowest BCUT2D eigenvalue weighted by atomic mass is 9.61. The van der Waals surface area contributed by atoms with Crippen LogP contribution in [0.3, 0.4) is 0 Å². The molecule has 2 aliphatic carbocycles. The van der Waals surface area contributed by atoms with Gasteiger partial charge in [-0.3, -0.25) is 0 Å². The number of benzene rings is 2. The van der Waals surface area contributed by atoms with Crippen LogP contribution in [-0.2, 0) is 5.41 Å². The van der Waals surface area contributed by atoms with Crippen LogP contribution in [0, 0.1) is 37.5 Å². The normalized spacial score (nSPS) is 20.1. The number of rotatable bonds is 5. The van der Waals surface area contributed by atoms with Crippen LogP contribution in [0.1, 0.15) is 48.3 Å². The van der Waals surface area contributed by atoms with E-state index >= 15 is 0 Å². The number of nitriles is 1. The molecule has 3 fully saturated rings. The summed E-state index contributed by atoms with van der Waals surface area (Å²) < 4.78 is 5.46. The van der Waals surface area contributed by atoms with Gasteiger partial charge in [0.15, 0.2) is 0 Å². The first-order chi connectivity index (χ1) is 15.9. The largest absolute Gasteiger partial charge is 0.361 e. The highest BCUT2D eigenvalue weighted by Crippen LogP contribution is 2.51. The van der Waals surface area contributed by atoms with Crippen molar-refractivity contribution in [3.05, 3.63) is 65.0 Å². The molecule has 3 aromatic rings.